The van der Waals surface area contributed by atoms with Crippen LogP contribution in [-0.4, -0.2) is 41.5 Å². The fourth-order valence-electron chi connectivity index (χ4n) is 1.83. The topological polar surface area (TPSA) is 51.5 Å². The Balaban J connectivity index is 2.72. The lowest BCUT2D eigenvalue weighted by Crippen LogP contribution is -2.31. The molecule has 0 aromatic carbocycles. The predicted molar refractivity (Wildman–Crippen MR) is 80.7 cm³/mol. The lowest BCUT2D eigenvalue weighted by molar-refractivity contribution is -0.143. The molecule has 0 aliphatic rings. The Hall–Kier alpha value is -1.30. The van der Waals surface area contributed by atoms with Gasteiger partial charge in [0.05, 0.1) is 13.0 Å². The van der Waals surface area contributed by atoms with Crippen molar-refractivity contribution >= 4 is 27.8 Å². The first-order chi connectivity index (χ1) is 9.36. The highest BCUT2D eigenvalue weighted by atomic mass is 79.9. The molecule has 0 fully saturated rings. The van der Waals surface area contributed by atoms with E-state index in [4.69, 9.17) is 4.74 Å². The number of nitrogens with zero attached hydrogens (tertiary/aromatic N) is 2. The lowest BCUT2D eigenvalue weighted by Gasteiger charge is -2.19. The second-order valence-electron chi connectivity index (χ2n) is 4.83. The van der Waals surface area contributed by atoms with Gasteiger partial charge in [-0.3, -0.25) is 9.59 Å². The molecule has 112 valence electrons. The third-order valence-corrected chi connectivity index (χ3v) is 3.33. The normalized spacial score (nSPS) is 10.7. The fourth-order valence-corrected chi connectivity index (χ4v) is 2.27. The van der Waals surface area contributed by atoms with Gasteiger partial charge in [-0.2, -0.15) is 0 Å². The Labute approximate surface area is 128 Å². The molecule has 1 rings (SSSR count). The summed E-state index contributed by atoms with van der Waals surface area (Å²) in [4.78, 5) is 25.2. The number of carbonyl (C=O) groups excluding carboxylic acids is 2. The average Bonchev–Trinajstić information content (AvgIpc) is 2.77. The smallest absolute Gasteiger partial charge is 0.307 e. The highest BCUT2D eigenvalue weighted by Crippen LogP contribution is 2.20. The summed E-state index contributed by atoms with van der Waals surface area (Å²) in [7, 11) is 1.69. The van der Waals surface area contributed by atoms with E-state index in [-0.39, 0.29) is 24.3 Å². The molecule has 0 aliphatic heterocycles. The second-order valence-corrected chi connectivity index (χ2v) is 5.74. The maximum absolute atomic E-state index is 12.4. The number of halogens is 1. The summed E-state index contributed by atoms with van der Waals surface area (Å²) in [6.07, 6.45) is 2.09. The van der Waals surface area contributed by atoms with E-state index in [2.05, 4.69) is 15.9 Å². The molecule has 0 saturated heterocycles. The Kier molecular flexibility index (Phi) is 6.26. The highest BCUT2D eigenvalue weighted by molar-refractivity contribution is 9.10. The first kappa shape index (κ1) is 16.8. The van der Waals surface area contributed by atoms with Gasteiger partial charge in [-0.25, -0.2) is 0 Å². The molecule has 0 atom stereocenters. The van der Waals surface area contributed by atoms with Crippen molar-refractivity contribution in [2.75, 3.05) is 20.2 Å². The van der Waals surface area contributed by atoms with Crippen LogP contribution in [0.25, 0.3) is 0 Å². The predicted octanol–water partition coefficient (Wildman–Crippen LogP) is 2.86. The number of amides is 1. The van der Waals surface area contributed by atoms with Gasteiger partial charge in [0.2, 0.25) is 0 Å². The van der Waals surface area contributed by atoms with Crippen molar-refractivity contribution in [3.05, 3.63) is 22.4 Å². The largest absolute Gasteiger partial charge is 0.466 e. The number of esters is 1. The minimum atomic E-state index is -0.285. The summed E-state index contributed by atoms with van der Waals surface area (Å²) >= 11 is 3.39. The van der Waals surface area contributed by atoms with E-state index in [0.717, 1.165) is 4.47 Å². The number of carbonyl (C=O) groups is 2. The third-order valence-electron chi connectivity index (χ3n) is 2.89. The Morgan fingerprint density at radius 1 is 1.45 bits per heavy atom. The molecule has 0 aliphatic carbocycles. The number of hydrogen-bond donors (Lipinski definition) is 0. The fraction of sp³-hybridized carbons (Fsp3) is 0.571. The van der Waals surface area contributed by atoms with Crippen molar-refractivity contribution < 1.29 is 14.3 Å². The van der Waals surface area contributed by atoms with Gasteiger partial charge in [0.25, 0.3) is 5.91 Å². The van der Waals surface area contributed by atoms with Crippen molar-refractivity contribution in [2.45, 2.75) is 33.2 Å². The van der Waals surface area contributed by atoms with Gasteiger partial charge in [0, 0.05) is 30.3 Å². The summed E-state index contributed by atoms with van der Waals surface area (Å²) in [6.45, 7) is 6.50. The molecule has 0 saturated carbocycles. The van der Waals surface area contributed by atoms with Crippen LogP contribution in [0.3, 0.4) is 0 Å². The molecule has 6 heteroatoms. The molecule has 0 N–H and O–H groups in total. The first-order valence-corrected chi connectivity index (χ1v) is 7.44. The van der Waals surface area contributed by atoms with Crippen LogP contribution in [0.2, 0.25) is 0 Å². The van der Waals surface area contributed by atoms with Crippen LogP contribution in [0.15, 0.2) is 16.7 Å². The van der Waals surface area contributed by atoms with E-state index in [1.54, 1.807) is 20.0 Å². The van der Waals surface area contributed by atoms with Gasteiger partial charge in [-0.1, -0.05) is 0 Å². The van der Waals surface area contributed by atoms with Crippen LogP contribution >= 0.6 is 15.9 Å². The molecular formula is C14H21BrN2O3. The molecule has 0 spiro atoms. The quantitative estimate of drug-likeness (QED) is 0.745. The van der Waals surface area contributed by atoms with Gasteiger partial charge >= 0.3 is 5.97 Å². The van der Waals surface area contributed by atoms with Gasteiger partial charge in [-0.15, -0.1) is 0 Å². The number of ether oxygens (including phenoxy) is 1. The molecule has 0 bridgehead atoms. The lowest BCUT2D eigenvalue weighted by atomic mass is 10.3. The number of rotatable bonds is 6. The molecule has 1 amide bonds. The minimum absolute atomic E-state index is 0.103. The summed E-state index contributed by atoms with van der Waals surface area (Å²) in [5, 5.41) is 0. The molecule has 0 unspecified atom stereocenters. The first-order valence-electron chi connectivity index (χ1n) is 6.65. The summed E-state index contributed by atoms with van der Waals surface area (Å²) in [5.41, 5.74) is 0.609. The molecule has 5 nitrogen and oxygen atoms in total. The standard InChI is InChI=1S/C14H21BrN2O3/c1-5-20-13(18)6-7-16(4)14(19)12-8-11(15)9-17(12)10(2)3/h8-10H,5-7H2,1-4H3. The zero-order valence-corrected chi connectivity index (χ0v) is 13.9. The van der Waals surface area contributed by atoms with E-state index in [1.807, 2.05) is 24.6 Å². The van der Waals surface area contributed by atoms with Crippen LogP contribution in [0.4, 0.5) is 0 Å². The monoisotopic (exact) mass is 344 g/mol. The van der Waals surface area contributed by atoms with Crippen molar-refractivity contribution in [1.29, 1.82) is 0 Å². The maximum Gasteiger partial charge on any atom is 0.307 e. The number of aromatic nitrogens is 1. The van der Waals surface area contributed by atoms with E-state index in [0.29, 0.717) is 18.8 Å². The summed E-state index contributed by atoms with van der Waals surface area (Å²) < 4.78 is 7.63. The van der Waals surface area contributed by atoms with Crippen molar-refractivity contribution in [1.82, 2.24) is 9.47 Å². The molecule has 1 aromatic heterocycles. The maximum atomic E-state index is 12.4. The van der Waals surface area contributed by atoms with Gasteiger partial charge < -0.3 is 14.2 Å². The SMILES string of the molecule is CCOC(=O)CCN(C)C(=O)c1cc(Br)cn1C(C)C. The zero-order valence-electron chi connectivity index (χ0n) is 12.4. The van der Waals surface area contributed by atoms with Crippen molar-refractivity contribution in [3.63, 3.8) is 0 Å². The average molecular weight is 345 g/mol. The third kappa shape index (κ3) is 4.37. The van der Waals surface area contributed by atoms with Gasteiger partial charge in [-0.05, 0) is 42.8 Å². The summed E-state index contributed by atoms with van der Waals surface area (Å²) in [5.74, 6) is -0.388. The molecular weight excluding hydrogens is 324 g/mol. The Morgan fingerprint density at radius 3 is 2.65 bits per heavy atom. The van der Waals surface area contributed by atoms with Crippen molar-refractivity contribution in [2.24, 2.45) is 0 Å². The van der Waals surface area contributed by atoms with E-state index >= 15 is 0 Å². The van der Waals surface area contributed by atoms with Crippen LogP contribution < -0.4 is 0 Å². The van der Waals surface area contributed by atoms with Gasteiger partial charge in [0.15, 0.2) is 0 Å². The van der Waals surface area contributed by atoms with Crippen molar-refractivity contribution in [3.8, 4) is 0 Å². The van der Waals surface area contributed by atoms with E-state index < -0.39 is 0 Å². The Morgan fingerprint density at radius 2 is 2.10 bits per heavy atom. The van der Waals surface area contributed by atoms with Crippen LogP contribution in [0.1, 0.15) is 43.7 Å². The number of hydrogen-bond acceptors (Lipinski definition) is 3. The zero-order chi connectivity index (χ0) is 15.3. The van der Waals surface area contributed by atoms with Crippen LogP contribution in [0, 0.1) is 0 Å². The molecule has 0 radical (unpaired) electrons. The second kappa shape index (κ2) is 7.47. The van der Waals surface area contributed by atoms with E-state index in [1.165, 1.54) is 4.90 Å². The highest BCUT2D eigenvalue weighted by Gasteiger charge is 2.19. The van der Waals surface area contributed by atoms with Crippen LogP contribution in [0.5, 0.6) is 0 Å². The molecule has 1 aromatic rings. The molecule has 1 heterocycles. The summed E-state index contributed by atoms with van der Waals surface area (Å²) in [6, 6.07) is 1.99. The minimum Gasteiger partial charge on any atom is -0.466 e. The molecule has 20 heavy (non-hydrogen) atoms. The Bertz CT molecular complexity index is 483. The van der Waals surface area contributed by atoms with Gasteiger partial charge in [0.1, 0.15) is 5.69 Å². The van der Waals surface area contributed by atoms with Crippen LogP contribution in [-0.2, 0) is 9.53 Å². The van der Waals surface area contributed by atoms with E-state index in [9.17, 15) is 9.59 Å².